The lowest BCUT2D eigenvalue weighted by Gasteiger charge is -1.96. The molecule has 2 rings (SSSR count). The monoisotopic (exact) mass is 131 g/mol. The number of alkyl halides is 1. The molecule has 0 spiro atoms. The quantitative estimate of drug-likeness (QED) is 0.503. The van der Waals surface area contributed by atoms with Gasteiger partial charge < -0.3 is 10.1 Å². The molecule has 3 heteroatoms. The molecule has 0 aromatic carbocycles. The molecule has 1 heterocycles. The zero-order valence-corrected chi connectivity index (χ0v) is 5.14. The fourth-order valence-electron chi connectivity index (χ4n) is 1.23. The van der Waals surface area contributed by atoms with Crippen molar-refractivity contribution in [3.8, 4) is 0 Å². The maximum atomic E-state index is 12.5. The lowest BCUT2D eigenvalue weighted by atomic mass is 10.4. The number of hydrogen-bond donors (Lipinski definition) is 1. The highest BCUT2D eigenvalue weighted by Gasteiger charge is 2.52. The second-order valence-corrected chi connectivity index (χ2v) is 2.61. The maximum absolute atomic E-state index is 12.5. The van der Waals surface area contributed by atoms with E-state index in [-0.39, 0.29) is 12.1 Å². The Bertz CT molecular complexity index is 108. The molecule has 0 amide bonds. The smallest absolute Gasteiger partial charge is 0.146 e. The third-order valence-electron chi connectivity index (χ3n) is 1.88. The Balaban J connectivity index is 1.93. The Morgan fingerprint density at radius 3 is 3.33 bits per heavy atom. The van der Waals surface area contributed by atoms with Crippen molar-refractivity contribution in [3.05, 3.63) is 0 Å². The van der Waals surface area contributed by atoms with E-state index in [1.165, 1.54) is 0 Å². The molecular formula is C6H10FNO. The molecular weight excluding hydrogens is 121 g/mol. The Kier molecular flexibility index (Phi) is 1.20. The van der Waals surface area contributed by atoms with E-state index in [0.717, 1.165) is 13.0 Å². The summed E-state index contributed by atoms with van der Waals surface area (Å²) in [5.41, 5.74) is 0. The standard InChI is InChI=1S/C6H10FNO/c7-4-5-6(4)9-3-1-2-8-5/h4-6,8H,1-3H2. The third kappa shape index (κ3) is 0.843. The normalized spacial score (nSPS) is 49.7. The fraction of sp³-hybridized carbons (Fsp3) is 1.00. The van der Waals surface area contributed by atoms with E-state index in [9.17, 15) is 4.39 Å². The first kappa shape index (κ1) is 5.62. The van der Waals surface area contributed by atoms with Crippen molar-refractivity contribution < 1.29 is 9.13 Å². The molecule has 0 radical (unpaired) electrons. The van der Waals surface area contributed by atoms with E-state index >= 15 is 0 Å². The second-order valence-electron chi connectivity index (χ2n) is 2.61. The molecule has 1 aliphatic carbocycles. The van der Waals surface area contributed by atoms with Gasteiger partial charge in [0.25, 0.3) is 0 Å². The predicted molar refractivity (Wildman–Crippen MR) is 31.0 cm³/mol. The maximum Gasteiger partial charge on any atom is 0.146 e. The molecule has 3 unspecified atom stereocenters. The van der Waals surface area contributed by atoms with Crippen molar-refractivity contribution in [2.75, 3.05) is 13.2 Å². The third-order valence-corrected chi connectivity index (χ3v) is 1.88. The Hall–Kier alpha value is -0.150. The molecule has 52 valence electrons. The SMILES string of the molecule is FC1C2NCCCOC12. The molecule has 0 aromatic rings. The Morgan fingerprint density at radius 1 is 1.56 bits per heavy atom. The Labute approximate surface area is 53.4 Å². The summed E-state index contributed by atoms with van der Waals surface area (Å²) in [6, 6.07) is 0.0208. The van der Waals surface area contributed by atoms with Gasteiger partial charge in [-0.2, -0.15) is 0 Å². The van der Waals surface area contributed by atoms with Gasteiger partial charge in [0.2, 0.25) is 0 Å². The zero-order valence-electron chi connectivity index (χ0n) is 5.14. The van der Waals surface area contributed by atoms with Crippen LogP contribution in [0.2, 0.25) is 0 Å². The topological polar surface area (TPSA) is 21.3 Å². The number of ether oxygens (including phenoxy) is 1. The van der Waals surface area contributed by atoms with Gasteiger partial charge in [0.05, 0.1) is 6.04 Å². The van der Waals surface area contributed by atoms with Gasteiger partial charge in [-0.05, 0) is 13.0 Å². The summed E-state index contributed by atoms with van der Waals surface area (Å²) < 4.78 is 17.6. The number of fused-ring (bicyclic) bond motifs is 1. The number of hydrogen-bond acceptors (Lipinski definition) is 2. The summed E-state index contributed by atoms with van der Waals surface area (Å²) in [5.74, 6) is 0. The highest BCUT2D eigenvalue weighted by molar-refractivity contribution is 5.07. The lowest BCUT2D eigenvalue weighted by Crippen LogP contribution is -2.19. The number of rotatable bonds is 0. The van der Waals surface area contributed by atoms with Crippen LogP contribution in [0.1, 0.15) is 6.42 Å². The predicted octanol–water partition coefficient (Wildman–Crippen LogP) is 0.0852. The highest BCUT2D eigenvalue weighted by Crippen LogP contribution is 2.31. The summed E-state index contributed by atoms with van der Waals surface area (Å²) >= 11 is 0. The van der Waals surface area contributed by atoms with Crippen LogP contribution in [0.15, 0.2) is 0 Å². The first-order valence-electron chi connectivity index (χ1n) is 3.38. The summed E-state index contributed by atoms with van der Waals surface area (Å²) in [4.78, 5) is 0. The molecule has 3 atom stereocenters. The van der Waals surface area contributed by atoms with Gasteiger partial charge in [0.15, 0.2) is 0 Å². The largest absolute Gasteiger partial charge is 0.373 e. The molecule has 2 fully saturated rings. The van der Waals surface area contributed by atoms with Crippen LogP contribution in [-0.2, 0) is 4.74 Å². The molecule has 1 saturated heterocycles. The van der Waals surface area contributed by atoms with Crippen LogP contribution in [0.3, 0.4) is 0 Å². The first-order valence-corrected chi connectivity index (χ1v) is 3.38. The van der Waals surface area contributed by atoms with Crippen molar-refractivity contribution in [2.45, 2.75) is 24.7 Å². The van der Waals surface area contributed by atoms with Crippen LogP contribution in [0.4, 0.5) is 4.39 Å². The molecule has 1 aliphatic heterocycles. The van der Waals surface area contributed by atoms with Gasteiger partial charge in [-0.25, -0.2) is 4.39 Å². The van der Waals surface area contributed by atoms with Gasteiger partial charge in [-0.3, -0.25) is 0 Å². The van der Waals surface area contributed by atoms with Crippen molar-refractivity contribution in [1.82, 2.24) is 5.32 Å². The van der Waals surface area contributed by atoms with Crippen molar-refractivity contribution in [2.24, 2.45) is 0 Å². The Morgan fingerprint density at radius 2 is 2.44 bits per heavy atom. The summed E-state index contributed by atoms with van der Waals surface area (Å²) in [6.45, 7) is 1.62. The number of nitrogens with one attached hydrogen (secondary N) is 1. The van der Waals surface area contributed by atoms with E-state index in [0.29, 0.717) is 6.61 Å². The summed E-state index contributed by atoms with van der Waals surface area (Å²) in [7, 11) is 0. The minimum absolute atomic E-state index is 0.0208. The van der Waals surface area contributed by atoms with E-state index in [1.54, 1.807) is 0 Å². The van der Waals surface area contributed by atoms with Gasteiger partial charge in [0, 0.05) is 6.61 Å². The van der Waals surface area contributed by atoms with Gasteiger partial charge >= 0.3 is 0 Å². The van der Waals surface area contributed by atoms with Crippen LogP contribution in [0, 0.1) is 0 Å². The summed E-state index contributed by atoms with van der Waals surface area (Å²) in [5, 5.41) is 3.07. The van der Waals surface area contributed by atoms with Crippen LogP contribution in [0.25, 0.3) is 0 Å². The average Bonchev–Trinajstić information content (AvgIpc) is 2.51. The fourth-order valence-corrected chi connectivity index (χ4v) is 1.23. The van der Waals surface area contributed by atoms with Gasteiger partial charge in [0.1, 0.15) is 12.3 Å². The first-order chi connectivity index (χ1) is 4.39. The zero-order chi connectivity index (χ0) is 6.27. The average molecular weight is 131 g/mol. The van der Waals surface area contributed by atoms with Crippen molar-refractivity contribution in [1.29, 1.82) is 0 Å². The van der Waals surface area contributed by atoms with Crippen molar-refractivity contribution in [3.63, 3.8) is 0 Å². The lowest BCUT2D eigenvalue weighted by molar-refractivity contribution is 0.105. The van der Waals surface area contributed by atoms with Gasteiger partial charge in [-0.1, -0.05) is 0 Å². The molecule has 2 aliphatic rings. The van der Waals surface area contributed by atoms with E-state index in [1.807, 2.05) is 0 Å². The van der Waals surface area contributed by atoms with Crippen molar-refractivity contribution >= 4 is 0 Å². The molecule has 1 saturated carbocycles. The van der Waals surface area contributed by atoms with Crippen LogP contribution >= 0.6 is 0 Å². The molecule has 9 heavy (non-hydrogen) atoms. The molecule has 2 nitrogen and oxygen atoms in total. The summed E-state index contributed by atoms with van der Waals surface area (Å²) in [6.07, 6.45) is 0.164. The van der Waals surface area contributed by atoms with Crippen LogP contribution in [0.5, 0.6) is 0 Å². The van der Waals surface area contributed by atoms with E-state index in [2.05, 4.69) is 5.32 Å². The minimum atomic E-state index is -0.731. The highest BCUT2D eigenvalue weighted by atomic mass is 19.1. The van der Waals surface area contributed by atoms with E-state index in [4.69, 9.17) is 4.74 Å². The molecule has 0 bridgehead atoms. The molecule has 0 aromatic heterocycles. The number of halogens is 1. The molecule has 1 N–H and O–H groups in total. The van der Waals surface area contributed by atoms with Gasteiger partial charge in [-0.15, -0.1) is 0 Å². The van der Waals surface area contributed by atoms with Crippen LogP contribution in [-0.4, -0.2) is 31.5 Å². The minimum Gasteiger partial charge on any atom is -0.373 e. The van der Waals surface area contributed by atoms with Crippen LogP contribution < -0.4 is 5.32 Å². The van der Waals surface area contributed by atoms with E-state index < -0.39 is 6.17 Å². The second kappa shape index (κ2) is 1.92.